The Kier molecular flexibility index (Phi) is 6.96. The first-order chi connectivity index (χ1) is 19.8. The predicted octanol–water partition coefficient (Wildman–Crippen LogP) is 5.08. The van der Waals surface area contributed by atoms with Crippen molar-refractivity contribution in [1.82, 2.24) is 24.1 Å². The van der Waals surface area contributed by atoms with Crippen LogP contribution in [0.5, 0.6) is 5.88 Å². The monoisotopic (exact) mass is 559 g/mol. The summed E-state index contributed by atoms with van der Waals surface area (Å²) in [6.45, 7) is 3.20. The first-order valence-electron chi connectivity index (χ1n) is 13.2. The molecule has 6 rings (SSSR count). The van der Waals surface area contributed by atoms with E-state index in [1.165, 1.54) is 6.07 Å². The summed E-state index contributed by atoms with van der Waals surface area (Å²) in [4.78, 5) is 24.8. The molecule has 1 N–H and O–H groups in total. The van der Waals surface area contributed by atoms with Crippen LogP contribution in [0.4, 0.5) is 8.78 Å². The first kappa shape index (κ1) is 26.6. The van der Waals surface area contributed by atoms with Gasteiger partial charge in [0, 0.05) is 31.7 Å². The second-order valence-corrected chi connectivity index (χ2v) is 10.0. The molecule has 1 saturated heterocycles. The van der Waals surface area contributed by atoms with Gasteiger partial charge in [-0.2, -0.15) is 0 Å². The van der Waals surface area contributed by atoms with E-state index < -0.39 is 17.6 Å². The van der Waals surface area contributed by atoms with E-state index in [0.717, 1.165) is 30.1 Å². The topological polar surface area (TPSA) is 104 Å². The number of carboxylic acid groups (broad SMARTS) is 1. The number of hydrogen-bond acceptors (Lipinski definition) is 6. The molecule has 41 heavy (non-hydrogen) atoms. The molecule has 5 aromatic rings. The van der Waals surface area contributed by atoms with Gasteiger partial charge in [0.1, 0.15) is 29.9 Å². The highest BCUT2D eigenvalue weighted by atomic mass is 19.1. The number of ether oxygens (including phenoxy) is 2. The van der Waals surface area contributed by atoms with Crippen LogP contribution < -0.4 is 4.74 Å². The molecule has 2 aromatic carbocycles. The van der Waals surface area contributed by atoms with E-state index in [-0.39, 0.29) is 47.4 Å². The highest BCUT2D eigenvalue weighted by Gasteiger charge is 2.23. The zero-order chi connectivity index (χ0) is 28.7. The number of rotatable bonds is 9. The van der Waals surface area contributed by atoms with Gasteiger partial charge in [-0.1, -0.05) is 6.07 Å². The van der Waals surface area contributed by atoms with Gasteiger partial charge in [0.25, 0.3) is 0 Å². The van der Waals surface area contributed by atoms with Crippen LogP contribution >= 0.6 is 0 Å². The van der Waals surface area contributed by atoms with Crippen molar-refractivity contribution in [1.29, 1.82) is 0 Å². The second kappa shape index (κ2) is 10.7. The van der Waals surface area contributed by atoms with Crippen LogP contribution in [0.25, 0.3) is 22.3 Å². The zero-order valence-electron chi connectivity index (χ0n) is 22.5. The van der Waals surface area contributed by atoms with Crippen molar-refractivity contribution < 1.29 is 28.2 Å². The highest BCUT2D eigenvalue weighted by molar-refractivity contribution is 5.92. The first-order valence-corrected chi connectivity index (χ1v) is 13.2. The molecule has 9 nitrogen and oxygen atoms in total. The van der Waals surface area contributed by atoms with Crippen LogP contribution in [0.3, 0.4) is 0 Å². The van der Waals surface area contributed by atoms with Crippen molar-refractivity contribution >= 4 is 17.0 Å². The van der Waals surface area contributed by atoms with Gasteiger partial charge < -0.3 is 23.7 Å². The van der Waals surface area contributed by atoms with E-state index in [2.05, 4.69) is 15.0 Å². The Hall–Kier alpha value is -4.64. The lowest BCUT2D eigenvalue weighted by Gasteiger charge is -2.27. The average Bonchev–Trinajstić information content (AvgIpc) is 3.44. The number of carboxylic acids is 1. The van der Waals surface area contributed by atoms with Crippen LogP contribution in [0.1, 0.15) is 39.7 Å². The molecule has 210 valence electrons. The van der Waals surface area contributed by atoms with Crippen LogP contribution in [0.2, 0.25) is 0 Å². The number of aryl methyl sites for hydroxylation is 1. The smallest absolute Gasteiger partial charge is 0.335 e. The van der Waals surface area contributed by atoms with Crippen LogP contribution in [-0.4, -0.2) is 47.9 Å². The number of pyridine rings is 1. The minimum atomic E-state index is -1.06. The molecule has 0 saturated carbocycles. The van der Waals surface area contributed by atoms with E-state index in [1.54, 1.807) is 36.5 Å². The van der Waals surface area contributed by atoms with Crippen LogP contribution in [0, 0.1) is 18.6 Å². The summed E-state index contributed by atoms with van der Waals surface area (Å²) >= 11 is 0. The van der Waals surface area contributed by atoms with E-state index in [9.17, 15) is 9.90 Å². The van der Waals surface area contributed by atoms with Gasteiger partial charge in [0.15, 0.2) is 0 Å². The summed E-state index contributed by atoms with van der Waals surface area (Å²) in [5, 5.41) is 9.45. The Morgan fingerprint density at radius 3 is 2.68 bits per heavy atom. The molecule has 0 unspecified atom stereocenters. The Bertz CT molecular complexity index is 1780. The normalized spacial score (nSPS) is 14.8. The largest absolute Gasteiger partial charge is 0.478 e. The number of benzene rings is 2. The summed E-state index contributed by atoms with van der Waals surface area (Å²) in [5.74, 6) is -0.683. The summed E-state index contributed by atoms with van der Waals surface area (Å²) < 4.78 is 45.9. The van der Waals surface area contributed by atoms with Crippen molar-refractivity contribution in [2.45, 2.75) is 39.0 Å². The fourth-order valence-corrected chi connectivity index (χ4v) is 4.84. The van der Waals surface area contributed by atoms with E-state index in [4.69, 9.17) is 9.47 Å². The molecule has 0 bridgehead atoms. The van der Waals surface area contributed by atoms with Gasteiger partial charge >= 0.3 is 5.97 Å². The molecule has 0 radical (unpaired) electrons. The maximum absolute atomic E-state index is 15.4. The van der Waals surface area contributed by atoms with Gasteiger partial charge in [-0.25, -0.2) is 28.5 Å². The lowest BCUT2D eigenvalue weighted by Crippen LogP contribution is -2.31. The summed E-state index contributed by atoms with van der Waals surface area (Å²) in [7, 11) is 1.88. The maximum Gasteiger partial charge on any atom is 0.335 e. The number of halogens is 2. The Balaban J connectivity index is 1.28. The van der Waals surface area contributed by atoms with E-state index in [1.807, 2.05) is 23.1 Å². The summed E-state index contributed by atoms with van der Waals surface area (Å²) in [5.41, 5.74) is 2.52. The molecule has 1 aliphatic heterocycles. The fourth-order valence-electron chi connectivity index (χ4n) is 4.84. The fraction of sp³-hybridized carbons (Fsp3) is 0.267. The number of imidazole rings is 2. The number of carbonyl (C=O) groups is 1. The second-order valence-electron chi connectivity index (χ2n) is 10.0. The highest BCUT2D eigenvalue weighted by Crippen LogP contribution is 2.29. The number of hydrogen-bond donors (Lipinski definition) is 1. The predicted molar refractivity (Wildman–Crippen MR) is 146 cm³/mol. The van der Waals surface area contributed by atoms with E-state index in [0.29, 0.717) is 30.0 Å². The van der Waals surface area contributed by atoms with Crippen LogP contribution in [-0.2, 0) is 31.4 Å². The lowest BCUT2D eigenvalue weighted by atomic mass is 10.0. The van der Waals surface area contributed by atoms with Gasteiger partial charge in [-0.05, 0) is 55.3 Å². The van der Waals surface area contributed by atoms with E-state index >= 15 is 8.78 Å². The lowest BCUT2D eigenvalue weighted by molar-refractivity contribution is -0.0589. The Labute approximate surface area is 234 Å². The van der Waals surface area contributed by atoms with Crippen molar-refractivity contribution in [2.75, 3.05) is 6.61 Å². The molecular weight excluding hydrogens is 532 g/mol. The molecule has 0 amide bonds. The van der Waals surface area contributed by atoms with Crippen LogP contribution in [0.15, 0.2) is 54.7 Å². The molecule has 4 heterocycles. The Morgan fingerprint density at radius 2 is 1.98 bits per heavy atom. The third kappa shape index (κ3) is 5.28. The van der Waals surface area contributed by atoms with Gasteiger partial charge in [0.05, 0.1) is 46.8 Å². The standard InChI is InChI=1S/C30H27F2N5O4/c1-17-33-14-20(36(17)2)16-41-29-5-3-4-25(35-29)22-13-23(31)19(10-24(22)32)12-28-34-26-7-6-18(30(38)39)11-27(26)37(28)15-21-8-9-40-21/h3-7,10-11,13-14,21H,8-9,12,15-16H2,1-2H3,(H,38,39)/t21-/m0/s1. The number of aromatic carboxylic acids is 1. The molecule has 1 atom stereocenters. The Morgan fingerprint density at radius 1 is 1.15 bits per heavy atom. The van der Waals surface area contributed by atoms with Crippen molar-refractivity contribution in [3.05, 3.63) is 94.8 Å². The third-order valence-electron chi connectivity index (χ3n) is 7.42. The molecule has 1 aliphatic rings. The molecule has 11 heteroatoms. The van der Waals surface area contributed by atoms with Crippen molar-refractivity contribution in [3.63, 3.8) is 0 Å². The minimum absolute atomic E-state index is 0.00747. The summed E-state index contributed by atoms with van der Waals surface area (Å²) in [6, 6.07) is 11.9. The molecule has 0 aliphatic carbocycles. The number of fused-ring (bicyclic) bond motifs is 1. The SMILES string of the molecule is Cc1ncc(COc2cccc(-c3cc(F)c(Cc4nc5ccc(C(=O)O)cc5n4C[C@@H]4CCO4)cc3F)n2)n1C. The maximum atomic E-state index is 15.4. The zero-order valence-corrected chi connectivity index (χ0v) is 22.5. The van der Waals surface area contributed by atoms with Gasteiger partial charge in [-0.15, -0.1) is 0 Å². The number of aromatic nitrogens is 5. The average molecular weight is 560 g/mol. The number of nitrogens with zero attached hydrogens (tertiary/aromatic N) is 5. The van der Waals surface area contributed by atoms with Crippen molar-refractivity contribution in [2.24, 2.45) is 7.05 Å². The van der Waals surface area contributed by atoms with Gasteiger partial charge in [0.2, 0.25) is 5.88 Å². The molecule has 1 fully saturated rings. The summed E-state index contributed by atoms with van der Waals surface area (Å²) in [6.07, 6.45) is 2.53. The molecule has 3 aromatic heterocycles. The molecule has 0 spiro atoms. The van der Waals surface area contributed by atoms with Gasteiger partial charge in [-0.3, -0.25) is 0 Å². The minimum Gasteiger partial charge on any atom is -0.478 e. The third-order valence-corrected chi connectivity index (χ3v) is 7.42. The molecular formula is C30H27F2N5O4. The van der Waals surface area contributed by atoms with Crippen molar-refractivity contribution in [3.8, 4) is 17.1 Å². The quantitative estimate of drug-likeness (QED) is 0.269.